The molecule has 0 saturated heterocycles. The van der Waals surface area contributed by atoms with Crippen LogP contribution in [0.2, 0.25) is 0 Å². The Morgan fingerprint density at radius 1 is 1.37 bits per heavy atom. The van der Waals surface area contributed by atoms with Gasteiger partial charge < -0.3 is 10.6 Å². The fraction of sp³-hybridized carbons (Fsp3) is 0.154. The zero-order valence-electron chi connectivity index (χ0n) is 10.5. The van der Waals surface area contributed by atoms with E-state index < -0.39 is 4.92 Å². The highest BCUT2D eigenvalue weighted by atomic mass is 16.6. The second kappa shape index (κ2) is 5.34. The molecule has 98 valence electrons. The van der Waals surface area contributed by atoms with Crippen molar-refractivity contribution in [2.75, 3.05) is 17.7 Å². The zero-order valence-corrected chi connectivity index (χ0v) is 10.5. The SMILES string of the molecule is CN(Cc1ccccn1)c1cc(N)cc([N+](=O)[O-])c1. The predicted octanol–water partition coefficient (Wildman–Crippen LogP) is 2.21. The molecule has 0 spiro atoms. The first-order valence-electron chi connectivity index (χ1n) is 5.72. The van der Waals surface area contributed by atoms with E-state index in [1.54, 1.807) is 12.3 Å². The number of pyridine rings is 1. The lowest BCUT2D eigenvalue weighted by Gasteiger charge is -2.19. The zero-order chi connectivity index (χ0) is 13.8. The Balaban J connectivity index is 2.24. The van der Waals surface area contributed by atoms with Crippen LogP contribution in [-0.4, -0.2) is 17.0 Å². The van der Waals surface area contributed by atoms with E-state index in [9.17, 15) is 10.1 Å². The van der Waals surface area contributed by atoms with Gasteiger partial charge in [0.15, 0.2) is 0 Å². The summed E-state index contributed by atoms with van der Waals surface area (Å²) in [7, 11) is 1.84. The third-order valence-corrected chi connectivity index (χ3v) is 2.70. The molecule has 2 aromatic rings. The van der Waals surface area contributed by atoms with Gasteiger partial charge in [0.2, 0.25) is 0 Å². The normalized spacial score (nSPS) is 10.2. The summed E-state index contributed by atoms with van der Waals surface area (Å²) < 4.78 is 0. The first-order valence-corrected chi connectivity index (χ1v) is 5.72. The largest absolute Gasteiger partial charge is 0.398 e. The van der Waals surface area contributed by atoms with Crippen LogP contribution in [0.25, 0.3) is 0 Å². The van der Waals surface area contributed by atoms with Gasteiger partial charge in [-0.15, -0.1) is 0 Å². The number of nitrogen functional groups attached to an aromatic ring is 1. The monoisotopic (exact) mass is 258 g/mol. The molecule has 1 aromatic heterocycles. The summed E-state index contributed by atoms with van der Waals surface area (Å²) in [5.74, 6) is 0. The Bertz CT molecular complexity index is 586. The van der Waals surface area contributed by atoms with Gasteiger partial charge in [-0.3, -0.25) is 15.1 Å². The Morgan fingerprint density at radius 2 is 2.16 bits per heavy atom. The predicted molar refractivity (Wildman–Crippen MR) is 73.9 cm³/mol. The van der Waals surface area contributed by atoms with Gasteiger partial charge in [0.25, 0.3) is 5.69 Å². The van der Waals surface area contributed by atoms with Crippen molar-refractivity contribution in [1.82, 2.24) is 4.98 Å². The number of nitrogens with two attached hydrogens (primary N) is 1. The molecule has 2 N–H and O–H groups in total. The molecule has 0 fully saturated rings. The molecule has 0 unspecified atom stereocenters. The van der Waals surface area contributed by atoms with Crippen LogP contribution < -0.4 is 10.6 Å². The highest BCUT2D eigenvalue weighted by molar-refractivity contribution is 5.62. The van der Waals surface area contributed by atoms with E-state index in [4.69, 9.17) is 5.73 Å². The van der Waals surface area contributed by atoms with Gasteiger partial charge in [-0.1, -0.05) is 6.07 Å². The number of nitro benzene ring substituents is 1. The molecule has 0 atom stereocenters. The van der Waals surface area contributed by atoms with Crippen molar-refractivity contribution in [2.45, 2.75) is 6.54 Å². The summed E-state index contributed by atoms with van der Waals surface area (Å²) in [5, 5.41) is 10.8. The number of hydrogen-bond acceptors (Lipinski definition) is 5. The second-order valence-electron chi connectivity index (χ2n) is 4.22. The van der Waals surface area contributed by atoms with Crippen molar-refractivity contribution < 1.29 is 4.92 Å². The minimum Gasteiger partial charge on any atom is -0.398 e. The first-order chi connectivity index (χ1) is 9.06. The molecule has 0 aliphatic rings. The lowest BCUT2D eigenvalue weighted by atomic mass is 10.2. The molecule has 19 heavy (non-hydrogen) atoms. The summed E-state index contributed by atoms with van der Waals surface area (Å²) >= 11 is 0. The average Bonchev–Trinajstić information content (AvgIpc) is 2.39. The van der Waals surface area contributed by atoms with Crippen LogP contribution >= 0.6 is 0 Å². The fourth-order valence-electron chi connectivity index (χ4n) is 1.77. The number of nitro groups is 1. The number of rotatable bonds is 4. The topological polar surface area (TPSA) is 85.3 Å². The quantitative estimate of drug-likeness (QED) is 0.516. The van der Waals surface area contributed by atoms with Crippen LogP contribution in [0.5, 0.6) is 0 Å². The molecule has 0 amide bonds. The molecule has 2 rings (SSSR count). The highest BCUT2D eigenvalue weighted by Crippen LogP contribution is 2.25. The Kier molecular flexibility index (Phi) is 3.61. The Labute approximate surface area is 110 Å². The molecule has 6 nitrogen and oxygen atoms in total. The molecular formula is C13H14N4O2. The van der Waals surface area contributed by atoms with Crippen molar-refractivity contribution in [1.29, 1.82) is 0 Å². The van der Waals surface area contributed by atoms with E-state index >= 15 is 0 Å². The van der Waals surface area contributed by atoms with Crippen LogP contribution in [0.1, 0.15) is 5.69 Å². The molecule has 0 bridgehead atoms. The number of aromatic nitrogens is 1. The third-order valence-electron chi connectivity index (χ3n) is 2.70. The number of benzene rings is 1. The van der Waals surface area contributed by atoms with Gasteiger partial charge in [0, 0.05) is 36.8 Å². The Hall–Kier alpha value is -2.63. The standard InChI is InChI=1S/C13H14N4O2/c1-16(9-11-4-2-3-5-15-11)12-6-10(14)7-13(8-12)17(18)19/h2-8H,9,14H2,1H3. The van der Waals surface area contributed by atoms with E-state index in [1.807, 2.05) is 30.1 Å². The van der Waals surface area contributed by atoms with Crippen molar-refractivity contribution in [2.24, 2.45) is 0 Å². The van der Waals surface area contributed by atoms with Gasteiger partial charge in [-0.25, -0.2) is 0 Å². The average molecular weight is 258 g/mol. The van der Waals surface area contributed by atoms with E-state index in [1.165, 1.54) is 12.1 Å². The van der Waals surface area contributed by atoms with E-state index in [0.29, 0.717) is 17.9 Å². The third kappa shape index (κ3) is 3.19. The molecule has 1 heterocycles. The molecule has 0 aliphatic heterocycles. The van der Waals surface area contributed by atoms with Crippen LogP contribution in [0.4, 0.5) is 17.1 Å². The van der Waals surface area contributed by atoms with Crippen LogP contribution in [0.15, 0.2) is 42.6 Å². The van der Waals surface area contributed by atoms with Crippen LogP contribution in [-0.2, 0) is 6.54 Å². The molecular weight excluding hydrogens is 244 g/mol. The number of non-ortho nitro benzene ring substituents is 1. The van der Waals surface area contributed by atoms with Gasteiger partial charge in [0.05, 0.1) is 17.2 Å². The van der Waals surface area contributed by atoms with E-state index in [2.05, 4.69) is 4.98 Å². The van der Waals surface area contributed by atoms with Crippen LogP contribution in [0, 0.1) is 10.1 Å². The van der Waals surface area contributed by atoms with E-state index in [-0.39, 0.29) is 5.69 Å². The van der Waals surface area contributed by atoms with E-state index in [0.717, 1.165) is 5.69 Å². The minimum absolute atomic E-state index is 0.0112. The number of anilines is 2. The van der Waals surface area contributed by atoms with Crippen molar-refractivity contribution >= 4 is 17.1 Å². The van der Waals surface area contributed by atoms with Crippen molar-refractivity contribution in [3.8, 4) is 0 Å². The molecule has 6 heteroatoms. The maximum Gasteiger partial charge on any atom is 0.273 e. The number of nitrogens with zero attached hydrogens (tertiary/aromatic N) is 3. The first kappa shape index (κ1) is 12.8. The summed E-state index contributed by atoms with van der Waals surface area (Å²) in [4.78, 5) is 16.4. The molecule has 1 aromatic carbocycles. The lowest BCUT2D eigenvalue weighted by Crippen LogP contribution is -2.17. The molecule has 0 aliphatic carbocycles. The van der Waals surface area contributed by atoms with Gasteiger partial charge in [-0.2, -0.15) is 0 Å². The van der Waals surface area contributed by atoms with Crippen molar-refractivity contribution in [3.05, 3.63) is 58.4 Å². The smallest absolute Gasteiger partial charge is 0.273 e. The van der Waals surface area contributed by atoms with Crippen LogP contribution in [0.3, 0.4) is 0 Å². The van der Waals surface area contributed by atoms with Gasteiger partial charge in [-0.05, 0) is 18.2 Å². The van der Waals surface area contributed by atoms with Gasteiger partial charge >= 0.3 is 0 Å². The maximum absolute atomic E-state index is 10.8. The maximum atomic E-state index is 10.8. The fourth-order valence-corrected chi connectivity index (χ4v) is 1.77. The summed E-state index contributed by atoms with van der Waals surface area (Å²) in [6, 6.07) is 10.2. The lowest BCUT2D eigenvalue weighted by molar-refractivity contribution is -0.384. The number of hydrogen-bond donors (Lipinski definition) is 1. The van der Waals surface area contributed by atoms with Crippen molar-refractivity contribution in [3.63, 3.8) is 0 Å². The summed E-state index contributed by atoms with van der Waals surface area (Å²) in [5.41, 5.74) is 7.62. The molecule has 0 radical (unpaired) electrons. The summed E-state index contributed by atoms with van der Waals surface area (Å²) in [6.07, 6.45) is 1.71. The van der Waals surface area contributed by atoms with Gasteiger partial charge in [0.1, 0.15) is 0 Å². The summed E-state index contributed by atoms with van der Waals surface area (Å²) in [6.45, 7) is 0.557. The highest BCUT2D eigenvalue weighted by Gasteiger charge is 2.11. The molecule has 0 saturated carbocycles. The minimum atomic E-state index is -0.450. The Morgan fingerprint density at radius 3 is 2.79 bits per heavy atom. The second-order valence-corrected chi connectivity index (χ2v) is 4.22.